The number of carbonyl (C=O) groups excluding carboxylic acids is 1. The first-order valence-electron chi connectivity index (χ1n) is 7.17. The quantitative estimate of drug-likeness (QED) is 0.826. The second-order valence-electron chi connectivity index (χ2n) is 4.84. The molecule has 1 aliphatic heterocycles. The van der Waals surface area contributed by atoms with Gasteiger partial charge in [-0.25, -0.2) is 4.79 Å². The number of nitrogens with one attached hydrogen (secondary N) is 1. The molecule has 1 N–H and O–H groups in total. The van der Waals surface area contributed by atoms with Gasteiger partial charge in [-0.3, -0.25) is 0 Å². The average Bonchev–Trinajstić information content (AvgIpc) is 2.99. The van der Waals surface area contributed by atoms with E-state index in [9.17, 15) is 4.79 Å². The summed E-state index contributed by atoms with van der Waals surface area (Å²) in [6, 6.07) is -0.142. The molecule has 0 saturated carbocycles. The Morgan fingerprint density at radius 2 is 2.43 bits per heavy atom. The Morgan fingerprint density at radius 3 is 3.14 bits per heavy atom. The zero-order valence-corrected chi connectivity index (χ0v) is 12.5. The van der Waals surface area contributed by atoms with Crippen LogP contribution in [0.3, 0.4) is 0 Å². The second-order valence-corrected chi connectivity index (χ2v) is 4.84. The highest BCUT2D eigenvalue weighted by Gasteiger charge is 2.24. The van der Waals surface area contributed by atoms with Crippen LogP contribution in [0.1, 0.15) is 25.1 Å². The molecule has 0 aliphatic carbocycles. The van der Waals surface area contributed by atoms with Crippen LogP contribution >= 0.6 is 0 Å². The number of hydrogen-bond donors (Lipinski definition) is 1. The molecule has 0 unspecified atom stereocenters. The van der Waals surface area contributed by atoms with Gasteiger partial charge in [0.25, 0.3) is 0 Å². The first-order valence-corrected chi connectivity index (χ1v) is 7.17. The van der Waals surface area contributed by atoms with Crippen molar-refractivity contribution in [3.8, 4) is 0 Å². The predicted octanol–water partition coefficient (Wildman–Crippen LogP) is 0.579. The summed E-state index contributed by atoms with van der Waals surface area (Å²) in [4.78, 5) is 18.0. The lowest BCUT2D eigenvalue weighted by Gasteiger charge is -2.32. The number of methoxy groups -OCH3 is 1. The molecule has 8 heteroatoms. The summed E-state index contributed by atoms with van der Waals surface area (Å²) in [5.74, 6) is 1.06. The molecule has 2 heterocycles. The van der Waals surface area contributed by atoms with Gasteiger partial charge in [0.1, 0.15) is 0 Å². The lowest BCUT2D eigenvalue weighted by molar-refractivity contribution is -0.0277. The van der Waals surface area contributed by atoms with Crippen molar-refractivity contribution in [3.63, 3.8) is 0 Å². The molecule has 1 aromatic heterocycles. The zero-order chi connectivity index (χ0) is 15.1. The zero-order valence-electron chi connectivity index (χ0n) is 12.5. The van der Waals surface area contributed by atoms with Crippen molar-refractivity contribution in [2.45, 2.75) is 32.4 Å². The highest BCUT2D eigenvalue weighted by Crippen LogP contribution is 2.09. The lowest BCUT2D eigenvalue weighted by Crippen LogP contribution is -2.49. The third-order valence-corrected chi connectivity index (χ3v) is 3.29. The number of urea groups is 1. The lowest BCUT2D eigenvalue weighted by atomic mass is 10.2. The number of carbonyl (C=O) groups is 1. The maximum atomic E-state index is 12.1. The summed E-state index contributed by atoms with van der Waals surface area (Å²) in [6.07, 6.45) is 1.52. The van der Waals surface area contributed by atoms with E-state index in [1.165, 1.54) is 0 Å². The molecular formula is C13H22N4O4. The van der Waals surface area contributed by atoms with Crippen LogP contribution in [0.2, 0.25) is 0 Å². The van der Waals surface area contributed by atoms with Crippen LogP contribution in [-0.2, 0) is 22.4 Å². The van der Waals surface area contributed by atoms with Crippen molar-refractivity contribution in [2.24, 2.45) is 0 Å². The average molecular weight is 298 g/mol. The first kappa shape index (κ1) is 15.7. The van der Waals surface area contributed by atoms with E-state index in [1.54, 1.807) is 12.0 Å². The normalized spacial score (nSPS) is 18.8. The number of nitrogens with zero attached hydrogens (tertiary/aromatic N) is 3. The third kappa shape index (κ3) is 4.68. The van der Waals surface area contributed by atoms with E-state index in [4.69, 9.17) is 14.0 Å². The molecule has 0 aromatic carbocycles. The van der Waals surface area contributed by atoms with Crippen LogP contribution in [0.25, 0.3) is 0 Å². The summed E-state index contributed by atoms with van der Waals surface area (Å²) >= 11 is 0. The number of hydrogen-bond acceptors (Lipinski definition) is 6. The molecule has 0 radical (unpaired) electrons. The molecule has 0 spiro atoms. The maximum absolute atomic E-state index is 12.1. The van der Waals surface area contributed by atoms with Crippen LogP contribution in [0.15, 0.2) is 4.52 Å². The largest absolute Gasteiger partial charge is 0.385 e. The summed E-state index contributed by atoms with van der Waals surface area (Å²) in [5, 5.41) is 6.57. The number of ether oxygens (including phenoxy) is 2. The monoisotopic (exact) mass is 298 g/mol. The van der Waals surface area contributed by atoms with E-state index in [-0.39, 0.29) is 18.7 Å². The van der Waals surface area contributed by atoms with Gasteiger partial charge >= 0.3 is 6.03 Å². The second kappa shape index (κ2) is 7.94. The van der Waals surface area contributed by atoms with Crippen molar-refractivity contribution < 1.29 is 18.8 Å². The summed E-state index contributed by atoms with van der Waals surface area (Å²) in [5.41, 5.74) is 0. The Balaban J connectivity index is 1.76. The van der Waals surface area contributed by atoms with Crippen molar-refractivity contribution >= 4 is 6.03 Å². The van der Waals surface area contributed by atoms with E-state index in [1.807, 2.05) is 6.92 Å². The number of amides is 2. The standard InChI is InChI=1S/C13H22N4O4/c1-3-11-15-12(21-16-11)8-14-13(18)17-5-7-20-10(9-17)4-6-19-2/h10H,3-9H2,1-2H3,(H,14,18)/t10-/m0/s1. The third-order valence-electron chi connectivity index (χ3n) is 3.29. The highest BCUT2D eigenvalue weighted by atomic mass is 16.5. The minimum absolute atomic E-state index is 0.0274. The van der Waals surface area contributed by atoms with E-state index >= 15 is 0 Å². The molecule has 1 atom stereocenters. The molecule has 0 bridgehead atoms. The Labute approximate surface area is 123 Å². The Bertz CT molecular complexity index is 451. The highest BCUT2D eigenvalue weighted by molar-refractivity contribution is 5.74. The van der Waals surface area contributed by atoms with Crippen LogP contribution in [0, 0.1) is 0 Å². The molecule has 1 fully saturated rings. The number of aryl methyl sites for hydroxylation is 1. The smallest absolute Gasteiger partial charge is 0.318 e. The molecule has 21 heavy (non-hydrogen) atoms. The van der Waals surface area contributed by atoms with Crippen LogP contribution in [0.5, 0.6) is 0 Å². The fourth-order valence-electron chi connectivity index (χ4n) is 2.10. The van der Waals surface area contributed by atoms with Gasteiger partial charge < -0.3 is 24.2 Å². The van der Waals surface area contributed by atoms with Gasteiger partial charge in [-0.05, 0) is 6.42 Å². The topological polar surface area (TPSA) is 89.7 Å². The maximum Gasteiger partial charge on any atom is 0.318 e. The molecule has 2 rings (SSSR count). The molecule has 1 aliphatic rings. The summed E-state index contributed by atoms with van der Waals surface area (Å²) in [6.45, 7) is 4.51. The SMILES string of the molecule is CCc1noc(CNC(=O)N2CCO[C@@H](CCOC)C2)n1. The minimum atomic E-state index is -0.142. The van der Waals surface area contributed by atoms with Gasteiger partial charge in [-0.15, -0.1) is 0 Å². The van der Waals surface area contributed by atoms with Gasteiger partial charge in [-0.2, -0.15) is 4.98 Å². The number of aromatic nitrogens is 2. The molecule has 2 amide bonds. The van der Waals surface area contributed by atoms with Crippen molar-refractivity contribution in [1.82, 2.24) is 20.4 Å². The molecule has 1 saturated heterocycles. The van der Waals surface area contributed by atoms with Crippen LogP contribution < -0.4 is 5.32 Å². The first-order chi connectivity index (χ1) is 10.2. The van der Waals surface area contributed by atoms with Gasteiger partial charge in [-0.1, -0.05) is 12.1 Å². The Kier molecular flexibility index (Phi) is 5.94. The molecular weight excluding hydrogens is 276 g/mol. The van der Waals surface area contributed by atoms with E-state index < -0.39 is 0 Å². The van der Waals surface area contributed by atoms with E-state index in [2.05, 4.69) is 15.5 Å². The Hall–Kier alpha value is -1.67. The van der Waals surface area contributed by atoms with E-state index in [0.29, 0.717) is 44.4 Å². The van der Waals surface area contributed by atoms with Crippen LogP contribution in [-0.4, -0.2) is 60.6 Å². The predicted molar refractivity (Wildman–Crippen MR) is 73.7 cm³/mol. The minimum Gasteiger partial charge on any atom is -0.385 e. The van der Waals surface area contributed by atoms with Gasteiger partial charge in [0, 0.05) is 33.2 Å². The number of morpholine rings is 1. The molecule has 8 nitrogen and oxygen atoms in total. The van der Waals surface area contributed by atoms with E-state index in [0.717, 1.165) is 6.42 Å². The molecule has 118 valence electrons. The van der Waals surface area contributed by atoms with Gasteiger partial charge in [0.15, 0.2) is 5.82 Å². The fourth-order valence-corrected chi connectivity index (χ4v) is 2.10. The Morgan fingerprint density at radius 1 is 1.57 bits per heavy atom. The van der Waals surface area contributed by atoms with Gasteiger partial charge in [0.05, 0.1) is 19.3 Å². The van der Waals surface area contributed by atoms with Crippen LogP contribution in [0.4, 0.5) is 4.79 Å². The fraction of sp³-hybridized carbons (Fsp3) is 0.769. The van der Waals surface area contributed by atoms with Gasteiger partial charge in [0.2, 0.25) is 5.89 Å². The number of rotatable bonds is 6. The summed E-state index contributed by atoms with van der Waals surface area (Å²) < 4.78 is 15.7. The van der Waals surface area contributed by atoms with Crippen molar-refractivity contribution in [1.29, 1.82) is 0 Å². The van der Waals surface area contributed by atoms with Crippen molar-refractivity contribution in [2.75, 3.05) is 33.4 Å². The summed E-state index contributed by atoms with van der Waals surface area (Å²) in [7, 11) is 1.66. The van der Waals surface area contributed by atoms with Crippen molar-refractivity contribution in [3.05, 3.63) is 11.7 Å². The molecule has 1 aromatic rings.